The number of carbonyl (C=O) groups excluding carboxylic acids is 1. The fourth-order valence-corrected chi connectivity index (χ4v) is 4.19. The first-order valence-electron chi connectivity index (χ1n) is 7.65. The van der Waals surface area contributed by atoms with Crippen LogP contribution in [0.5, 0.6) is 0 Å². The molecule has 1 amide bonds. The molecule has 110 valence electrons. The maximum Gasteiger partial charge on any atom is 0.244 e. The van der Waals surface area contributed by atoms with Gasteiger partial charge in [-0.1, -0.05) is 12.8 Å². The summed E-state index contributed by atoms with van der Waals surface area (Å²) in [6, 6.07) is 5.94. The summed E-state index contributed by atoms with van der Waals surface area (Å²) in [6.45, 7) is 0. The first kappa shape index (κ1) is 13.2. The number of hydrogen-bond donors (Lipinski definition) is 2. The second-order valence-corrected chi connectivity index (χ2v) is 7.39. The molecule has 5 heteroatoms. The monoisotopic (exact) mass is 301 g/mol. The van der Waals surface area contributed by atoms with Crippen molar-refractivity contribution in [3.63, 3.8) is 0 Å². The SMILES string of the molecule is NC1(C(=O)Nc2ccc3nc(C4CC4)sc3c2)CCCC1. The quantitative estimate of drug-likeness (QED) is 0.913. The Morgan fingerprint density at radius 1 is 1.33 bits per heavy atom. The molecule has 0 atom stereocenters. The third-order valence-corrected chi connectivity index (χ3v) is 5.72. The molecule has 0 aliphatic heterocycles. The van der Waals surface area contributed by atoms with Crippen molar-refractivity contribution in [3.8, 4) is 0 Å². The lowest BCUT2D eigenvalue weighted by Gasteiger charge is -2.22. The molecule has 4 nitrogen and oxygen atoms in total. The second kappa shape index (κ2) is 4.78. The van der Waals surface area contributed by atoms with Crippen LogP contribution in [0.15, 0.2) is 18.2 Å². The normalized spacial score (nSPS) is 20.8. The number of nitrogens with one attached hydrogen (secondary N) is 1. The van der Waals surface area contributed by atoms with Crippen molar-refractivity contribution in [3.05, 3.63) is 23.2 Å². The number of thiazole rings is 1. The van der Waals surface area contributed by atoms with Gasteiger partial charge in [0.15, 0.2) is 0 Å². The van der Waals surface area contributed by atoms with Gasteiger partial charge in [0.25, 0.3) is 0 Å². The number of anilines is 1. The lowest BCUT2D eigenvalue weighted by Crippen LogP contribution is -2.48. The van der Waals surface area contributed by atoms with E-state index in [0.717, 1.165) is 41.6 Å². The molecule has 0 saturated heterocycles. The van der Waals surface area contributed by atoms with Crippen molar-refractivity contribution in [2.24, 2.45) is 5.73 Å². The van der Waals surface area contributed by atoms with Gasteiger partial charge in [-0.25, -0.2) is 4.98 Å². The largest absolute Gasteiger partial charge is 0.324 e. The van der Waals surface area contributed by atoms with E-state index in [1.807, 2.05) is 18.2 Å². The van der Waals surface area contributed by atoms with Gasteiger partial charge in [0.1, 0.15) is 0 Å². The van der Waals surface area contributed by atoms with Crippen LogP contribution in [0.4, 0.5) is 5.69 Å². The van der Waals surface area contributed by atoms with Crippen LogP contribution in [-0.4, -0.2) is 16.4 Å². The number of nitrogens with two attached hydrogens (primary N) is 1. The molecule has 0 spiro atoms. The van der Waals surface area contributed by atoms with Crippen LogP contribution in [0.25, 0.3) is 10.2 Å². The van der Waals surface area contributed by atoms with E-state index in [9.17, 15) is 4.79 Å². The molecule has 1 heterocycles. The van der Waals surface area contributed by atoms with Gasteiger partial charge in [-0.3, -0.25) is 4.79 Å². The average molecular weight is 301 g/mol. The molecule has 2 aromatic rings. The molecule has 4 rings (SSSR count). The zero-order chi connectivity index (χ0) is 14.4. The maximum atomic E-state index is 12.3. The predicted molar refractivity (Wildman–Crippen MR) is 85.6 cm³/mol. The van der Waals surface area contributed by atoms with E-state index >= 15 is 0 Å². The Morgan fingerprint density at radius 2 is 2.10 bits per heavy atom. The minimum atomic E-state index is -0.679. The van der Waals surface area contributed by atoms with Gasteiger partial charge in [-0.05, 0) is 43.9 Å². The number of nitrogens with zero attached hydrogens (tertiary/aromatic N) is 1. The zero-order valence-electron chi connectivity index (χ0n) is 11.9. The summed E-state index contributed by atoms with van der Waals surface area (Å²) in [5.74, 6) is 0.623. The number of aromatic nitrogens is 1. The number of amides is 1. The van der Waals surface area contributed by atoms with Crippen molar-refractivity contribution >= 4 is 33.1 Å². The maximum absolute atomic E-state index is 12.3. The minimum absolute atomic E-state index is 0.0497. The first-order valence-corrected chi connectivity index (χ1v) is 8.47. The summed E-state index contributed by atoms with van der Waals surface area (Å²) in [4.78, 5) is 17.0. The van der Waals surface area contributed by atoms with E-state index in [0.29, 0.717) is 5.92 Å². The van der Waals surface area contributed by atoms with Gasteiger partial charge in [-0.2, -0.15) is 0 Å². The van der Waals surface area contributed by atoms with E-state index in [-0.39, 0.29) is 5.91 Å². The molecule has 3 N–H and O–H groups in total. The topological polar surface area (TPSA) is 68.0 Å². The Hall–Kier alpha value is -1.46. The van der Waals surface area contributed by atoms with Crippen LogP contribution >= 0.6 is 11.3 Å². The molecule has 0 unspecified atom stereocenters. The molecule has 1 aromatic heterocycles. The molecule has 2 saturated carbocycles. The molecule has 2 fully saturated rings. The number of fused-ring (bicyclic) bond motifs is 1. The summed E-state index contributed by atoms with van der Waals surface area (Å²) < 4.78 is 1.15. The fourth-order valence-electron chi connectivity index (χ4n) is 3.01. The second-order valence-electron chi connectivity index (χ2n) is 6.33. The highest BCUT2D eigenvalue weighted by atomic mass is 32.1. The van der Waals surface area contributed by atoms with Crippen molar-refractivity contribution in [2.75, 3.05) is 5.32 Å². The molecule has 0 radical (unpaired) electrons. The third kappa shape index (κ3) is 2.45. The van der Waals surface area contributed by atoms with E-state index < -0.39 is 5.54 Å². The van der Waals surface area contributed by atoms with Gasteiger partial charge < -0.3 is 11.1 Å². The lowest BCUT2D eigenvalue weighted by atomic mass is 9.98. The zero-order valence-corrected chi connectivity index (χ0v) is 12.7. The van der Waals surface area contributed by atoms with Crippen LogP contribution in [0, 0.1) is 0 Å². The van der Waals surface area contributed by atoms with Crippen molar-refractivity contribution in [2.45, 2.75) is 50.0 Å². The van der Waals surface area contributed by atoms with Crippen LogP contribution in [-0.2, 0) is 4.79 Å². The van der Waals surface area contributed by atoms with Gasteiger partial charge in [0, 0.05) is 11.6 Å². The Kier molecular flexibility index (Phi) is 3.01. The Morgan fingerprint density at radius 3 is 2.81 bits per heavy atom. The highest BCUT2D eigenvalue weighted by Crippen LogP contribution is 2.43. The Labute approximate surface area is 127 Å². The summed E-state index contributed by atoms with van der Waals surface area (Å²) in [5.41, 5.74) is 7.37. The minimum Gasteiger partial charge on any atom is -0.324 e. The molecule has 2 aliphatic carbocycles. The molecule has 0 bridgehead atoms. The van der Waals surface area contributed by atoms with Crippen molar-refractivity contribution in [1.82, 2.24) is 4.98 Å². The van der Waals surface area contributed by atoms with Gasteiger partial charge >= 0.3 is 0 Å². The molecule has 2 aliphatic rings. The number of carbonyl (C=O) groups is 1. The van der Waals surface area contributed by atoms with E-state index in [2.05, 4.69) is 10.3 Å². The highest BCUT2D eigenvalue weighted by molar-refractivity contribution is 7.18. The van der Waals surface area contributed by atoms with E-state index in [1.165, 1.54) is 17.8 Å². The number of rotatable bonds is 3. The summed E-state index contributed by atoms with van der Waals surface area (Å²) >= 11 is 1.75. The van der Waals surface area contributed by atoms with Crippen molar-refractivity contribution < 1.29 is 4.79 Å². The van der Waals surface area contributed by atoms with Gasteiger partial charge in [-0.15, -0.1) is 11.3 Å². The summed E-state index contributed by atoms with van der Waals surface area (Å²) in [6.07, 6.45) is 6.18. The molecule has 1 aromatic carbocycles. The van der Waals surface area contributed by atoms with Crippen LogP contribution < -0.4 is 11.1 Å². The van der Waals surface area contributed by atoms with Crippen LogP contribution in [0.1, 0.15) is 49.5 Å². The van der Waals surface area contributed by atoms with Crippen molar-refractivity contribution in [1.29, 1.82) is 0 Å². The molecular formula is C16H19N3OS. The van der Waals surface area contributed by atoms with Crippen LogP contribution in [0.3, 0.4) is 0 Å². The smallest absolute Gasteiger partial charge is 0.244 e. The Balaban J connectivity index is 1.57. The fraction of sp³-hybridized carbons (Fsp3) is 0.500. The predicted octanol–water partition coefficient (Wildman–Crippen LogP) is 3.38. The molecule has 21 heavy (non-hydrogen) atoms. The molecular weight excluding hydrogens is 282 g/mol. The first-order chi connectivity index (χ1) is 10.1. The number of hydrogen-bond acceptors (Lipinski definition) is 4. The van der Waals surface area contributed by atoms with E-state index in [1.54, 1.807) is 11.3 Å². The summed E-state index contributed by atoms with van der Waals surface area (Å²) in [7, 11) is 0. The third-order valence-electron chi connectivity index (χ3n) is 4.54. The number of benzene rings is 1. The average Bonchev–Trinajstić information content (AvgIpc) is 3.08. The van der Waals surface area contributed by atoms with E-state index in [4.69, 9.17) is 5.73 Å². The van der Waals surface area contributed by atoms with Gasteiger partial charge in [0.05, 0.1) is 20.8 Å². The van der Waals surface area contributed by atoms with Gasteiger partial charge in [0.2, 0.25) is 5.91 Å². The highest BCUT2D eigenvalue weighted by Gasteiger charge is 2.37. The lowest BCUT2D eigenvalue weighted by molar-refractivity contribution is -0.121. The summed E-state index contributed by atoms with van der Waals surface area (Å²) in [5, 5.41) is 4.22. The Bertz CT molecular complexity index is 699. The standard InChI is InChI=1S/C16H19N3OS/c17-16(7-1-2-8-16)15(20)18-11-5-6-12-13(9-11)21-14(19-12)10-3-4-10/h5-6,9-10H,1-4,7-8,17H2,(H,18,20). The van der Waals surface area contributed by atoms with Crippen LogP contribution in [0.2, 0.25) is 0 Å².